The molecule has 6 heteroatoms. The number of hydrogen-bond donors (Lipinski definition) is 1. The lowest BCUT2D eigenvalue weighted by atomic mass is 9.94. The standard InChI is InChI=1S/C23H21N3O3/c1-15-6-2-9-17(25-15)14-24-20(27)12-5-13-26-22(28)18-10-3-7-16-8-4-11-19(21(16)18)23(26)29/h2-4,6-11H,5,12-14H2,1H3,(H,24,27). The first-order chi connectivity index (χ1) is 14.0. The van der Waals surface area contributed by atoms with Gasteiger partial charge in [-0.05, 0) is 43.0 Å². The Bertz CT molecular complexity index is 1070. The molecule has 2 aromatic carbocycles. The number of pyridine rings is 1. The molecule has 0 saturated heterocycles. The van der Waals surface area contributed by atoms with E-state index < -0.39 is 0 Å². The molecule has 1 aromatic heterocycles. The zero-order chi connectivity index (χ0) is 20.4. The van der Waals surface area contributed by atoms with Gasteiger partial charge in [-0.1, -0.05) is 30.3 Å². The van der Waals surface area contributed by atoms with Crippen molar-refractivity contribution in [3.63, 3.8) is 0 Å². The summed E-state index contributed by atoms with van der Waals surface area (Å²) >= 11 is 0. The molecule has 0 aliphatic carbocycles. The quantitative estimate of drug-likeness (QED) is 0.659. The molecule has 4 rings (SSSR count). The lowest BCUT2D eigenvalue weighted by Crippen LogP contribution is -2.41. The maximum absolute atomic E-state index is 12.8. The Morgan fingerprint density at radius 3 is 2.28 bits per heavy atom. The van der Waals surface area contributed by atoms with Crippen LogP contribution in [0, 0.1) is 6.92 Å². The number of aryl methyl sites for hydroxylation is 1. The fraction of sp³-hybridized carbons (Fsp3) is 0.217. The molecule has 0 radical (unpaired) electrons. The molecular formula is C23H21N3O3. The van der Waals surface area contributed by atoms with Crippen LogP contribution in [0.3, 0.4) is 0 Å². The van der Waals surface area contributed by atoms with Crippen LogP contribution in [0.2, 0.25) is 0 Å². The Kier molecular flexibility index (Phi) is 5.08. The Morgan fingerprint density at radius 1 is 0.966 bits per heavy atom. The number of amides is 3. The number of imide groups is 1. The van der Waals surface area contributed by atoms with Crippen LogP contribution in [0.15, 0.2) is 54.6 Å². The maximum Gasteiger partial charge on any atom is 0.261 e. The summed E-state index contributed by atoms with van der Waals surface area (Å²) in [5, 5.41) is 4.42. The summed E-state index contributed by atoms with van der Waals surface area (Å²) in [5.74, 6) is -0.736. The summed E-state index contributed by atoms with van der Waals surface area (Å²) in [6.07, 6.45) is 0.636. The fourth-order valence-electron chi connectivity index (χ4n) is 3.66. The van der Waals surface area contributed by atoms with E-state index in [1.165, 1.54) is 4.90 Å². The fourth-order valence-corrected chi connectivity index (χ4v) is 3.66. The van der Waals surface area contributed by atoms with Gasteiger partial charge in [0.1, 0.15) is 0 Å². The van der Waals surface area contributed by atoms with Crippen molar-refractivity contribution in [3.05, 3.63) is 77.1 Å². The second-order valence-corrected chi connectivity index (χ2v) is 7.12. The highest BCUT2D eigenvalue weighted by Crippen LogP contribution is 2.29. The highest BCUT2D eigenvalue weighted by molar-refractivity contribution is 6.25. The van der Waals surface area contributed by atoms with E-state index in [0.29, 0.717) is 29.5 Å². The number of nitrogens with zero attached hydrogens (tertiary/aromatic N) is 2. The van der Waals surface area contributed by atoms with E-state index in [-0.39, 0.29) is 30.7 Å². The lowest BCUT2D eigenvalue weighted by molar-refractivity contribution is -0.121. The molecule has 1 aliphatic heterocycles. The van der Waals surface area contributed by atoms with Crippen LogP contribution in [-0.2, 0) is 11.3 Å². The molecule has 3 amide bonds. The highest BCUT2D eigenvalue weighted by atomic mass is 16.2. The van der Waals surface area contributed by atoms with Crippen LogP contribution in [0.4, 0.5) is 0 Å². The highest BCUT2D eigenvalue weighted by Gasteiger charge is 2.32. The van der Waals surface area contributed by atoms with Crippen molar-refractivity contribution in [1.82, 2.24) is 15.2 Å². The average Bonchev–Trinajstić information content (AvgIpc) is 2.73. The maximum atomic E-state index is 12.8. The van der Waals surface area contributed by atoms with E-state index >= 15 is 0 Å². The minimum Gasteiger partial charge on any atom is -0.350 e. The van der Waals surface area contributed by atoms with E-state index in [9.17, 15) is 14.4 Å². The monoisotopic (exact) mass is 387 g/mol. The average molecular weight is 387 g/mol. The number of nitrogens with one attached hydrogen (secondary N) is 1. The van der Waals surface area contributed by atoms with E-state index in [2.05, 4.69) is 10.3 Å². The molecule has 6 nitrogen and oxygen atoms in total. The van der Waals surface area contributed by atoms with Crippen molar-refractivity contribution >= 4 is 28.5 Å². The minimum absolute atomic E-state index is 0.132. The molecular weight excluding hydrogens is 366 g/mol. The first-order valence-corrected chi connectivity index (χ1v) is 9.62. The molecule has 1 N–H and O–H groups in total. The third kappa shape index (κ3) is 3.74. The van der Waals surface area contributed by atoms with Crippen molar-refractivity contribution in [2.45, 2.75) is 26.3 Å². The summed E-state index contributed by atoms with van der Waals surface area (Å²) < 4.78 is 0. The van der Waals surface area contributed by atoms with Gasteiger partial charge in [-0.2, -0.15) is 0 Å². The minimum atomic E-state index is -0.302. The Balaban J connectivity index is 1.37. The van der Waals surface area contributed by atoms with Crippen LogP contribution in [0.1, 0.15) is 44.9 Å². The summed E-state index contributed by atoms with van der Waals surface area (Å²) in [4.78, 5) is 43.4. The number of aromatic nitrogens is 1. The third-order valence-electron chi connectivity index (χ3n) is 5.05. The van der Waals surface area contributed by atoms with Gasteiger partial charge in [0, 0.05) is 35.2 Å². The van der Waals surface area contributed by atoms with Crippen molar-refractivity contribution in [1.29, 1.82) is 0 Å². The number of benzene rings is 2. The van der Waals surface area contributed by atoms with Gasteiger partial charge in [-0.15, -0.1) is 0 Å². The van der Waals surface area contributed by atoms with Gasteiger partial charge in [-0.25, -0.2) is 0 Å². The molecule has 29 heavy (non-hydrogen) atoms. The van der Waals surface area contributed by atoms with Gasteiger partial charge in [0.05, 0.1) is 12.2 Å². The molecule has 1 aliphatic rings. The van der Waals surface area contributed by atoms with Crippen LogP contribution >= 0.6 is 0 Å². The third-order valence-corrected chi connectivity index (χ3v) is 5.05. The predicted molar refractivity (Wildman–Crippen MR) is 109 cm³/mol. The molecule has 3 aromatic rings. The number of rotatable bonds is 6. The van der Waals surface area contributed by atoms with Crippen molar-refractivity contribution < 1.29 is 14.4 Å². The van der Waals surface area contributed by atoms with E-state index in [1.54, 1.807) is 12.1 Å². The Morgan fingerprint density at radius 2 is 1.62 bits per heavy atom. The van der Waals surface area contributed by atoms with E-state index in [0.717, 1.165) is 16.8 Å². The van der Waals surface area contributed by atoms with Crippen LogP contribution in [0.5, 0.6) is 0 Å². The van der Waals surface area contributed by atoms with Gasteiger partial charge in [-0.3, -0.25) is 24.3 Å². The molecule has 0 spiro atoms. The van der Waals surface area contributed by atoms with Gasteiger partial charge in [0.25, 0.3) is 11.8 Å². The topological polar surface area (TPSA) is 79.4 Å². The number of carbonyl (C=O) groups excluding carboxylic acids is 3. The van der Waals surface area contributed by atoms with E-state index in [1.807, 2.05) is 49.4 Å². The normalized spacial score (nSPS) is 13.1. The molecule has 0 fully saturated rings. The lowest BCUT2D eigenvalue weighted by Gasteiger charge is -2.27. The SMILES string of the molecule is Cc1cccc(CNC(=O)CCCN2C(=O)c3cccc4cccc(c34)C2=O)n1. The van der Waals surface area contributed by atoms with Crippen molar-refractivity contribution in [2.75, 3.05) is 6.54 Å². The predicted octanol–water partition coefficient (Wildman–Crippen LogP) is 3.24. The van der Waals surface area contributed by atoms with Gasteiger partial charge >= 0.3 is 0 Å². The van der Waals surface area contributed by atoms with Crippen LogP contribution in [0.25, 0.3) is 10.8 Å². The van der Waals surface area contributed by atoms with Crippen LogP contribution in [-0.4, -0.2) is 34.2 Å². The summed E-state index contributed by atoms with van der Waals surface area (Å²) in [6, 6.07) is 16.6. The van der Waals surface area contributed by atoms with E-state index in [4.69, 9.17) is 0 Å². The van der Waals surface area contributed by atoms with Gasteiger partial charge < -0.3 is 5.32 Å². The van der Waals surface area contributed by atoms with Gasteiger partial charge in [0.15, 0.2) is 0 Å². The van der Waals surface area contributed by atoms with Crippen LogP contribution < -0.4 is 5.32 Å². The summed E-state index contributed by atoms with van der Waals surface area (Å²) in [5.41, 5.74) is 2.76. The zero-order valence-electron chi connectivity index (χ0n) is 16.1. The van der Waals surface area contributed by atoms with Crippen molar-refractivity contribution in [2.24, 2.45) is 0 Å². The van der Waals surface area contributed by atoms with Crippen molar-refractivity contribution in [3.8, 4) is 0 Å². The first kappa shape index (κ1) is 18.8. The molecule has 0 unspecified atom stereocenters. The molecule has 0 saturated carbocycles. The Labute approximate surface area is 168 Å². The molecule has 0 bridgehead atoms. The smallest absolute Gasteiger partial charge is 0.261 e. The first-order valence-electron chi connectivity index (χ1n) is 9.62. The molecule has 2 heterocycles. The second kappa shape index (κ2) is 7.83. The largest absolute Gasteiger partial charge is 0.350 e. The molecule has 146 valence electrons. The second-order valence-electron chi connectivity index (χ2n) is 7.12. The zero-order valence-corrected chi connectivity index (χ0v) is 16.1. The van der Waals surface area contributed by atoms with Gasteiger partial charge in [0.2, 0.25) is 5.91 Å². The summed E-state index contributed by atoms with van der Waals surface area (Å²) in [6.45, 7) is 2.46. The molecule has 0 atom stereocenters. The number of carbonyl (C=O) groups is 3. The Hall–Kier alpha value is -3.54. The summed E-state index contributed by atoms with van der Waals surface area (Å²) in [7, 11) is 0. The number of hydrogen-bond acceptors (Lipinski definition) is 4.